The summed E-state index contributed by atoms with van der Waals surface area (Å²) < 4.78 is 12.0. The highest BCUT2D eigenvalue weighted by Crippen LogP contribution is 2.29. The number of aromatic nitrogens is 2. The summed E-state index contributed by atoms with van der Waals surface area (Å²) in [6.07, 6.45) is 1.50. The maximum absolute atomic E-state index is 13.2. The number of hydrogen-bond acceptors (Lipinski definition) is 6. The van der Waals surface area contributed by atoms with Crippen LogP contribution in [0.1, 0.15) is 5.56 Å². The number of para-hydroxylation sites is 1. The molecule has 0 spiro atoms. The van der Waals surface area contributed by atoms with Crippen molar-refractivity contribution in [3.05, 3.63) is 82.6 Å². The molecule has 7 heteroatoms. The molecule has 1 aromatic heterocycles. The molecular weight excluding hydrogens is 382 g/mol. The van der Waals surface area contributed by atoms with E-state index in [1.165, 1.54) is 10.9 Å². The molecule has 150 valence electrons. The van der Waals surface area contributed by atoms with E-state index in [1.807, 2.05) is 6.07 Å². The van der Waals surface area contributed by atoms with E-state index in [-0.39, 0.29) is 11.3 Å². The van der Waals surface area contributed by atoms with Crippen LogP contribution in [0.25, 0.3) is 22.3 Å². The number of benzene rings is 3. The van der Waals surface area contributed by atoms with Crippen molar-refractivity contribution in [1.29, 1.82) is 0 Å². The lowest BCUT2D eigenvalue weighted by Crippen LogP contribution is -2.20. The van der Waals surface area contributed by atoms with Gasteiger partial charge in [0.15, 0.2) is 5.82 Å². The predicted molar refractivity (Wildman–Crippen MR) is 116 cm³/mol. The fraction of sp³-hybridized carbons (Fsp3) is 0.0870. The van der Waals surface area contributed by atoms with Gasteiger partial charge in [-0.25, -0.2) is 4.98 Å². The van der Waals surface area contributed by atoms with Gasteiger partial charge < -0.3 is 14.6 Å². The molecule has 0 fully saturated rings. The highest BCUT2D eigenvalue weighted by molar-refractivity contribution is 5.82. The third kappa shape index (κ3) is 3.73. The minimum atomic E-state index is -0.311. The topological polar surface area (TPSA) is 85.9 Å². The Bertz CT molecular complexity index is 1290. The van der Waals surface area contributed by atoms with E-state index in [2.05, 4.69) is 10.1 Å². The summed E-state index contributed by atoms with van der Waals surface area (Å²) in [6.45, 7) is 0. The van der Waals surface area contributed by atoms with Gasteiger partial charge in [-0.2, -0.15) is 9.78 Å². The highest BCUT2D eigenvalue weighted by Gasteiger charge is 2.14. The van der Waals surface area contributed by atoms with Gasteiger partial charge in [-0.05, 0) is 42.0 Å². The number of methoxy groups -OCH3 is 2. The lowest BCUT2D eigenvalue weighted by molar-refractivity contribution is 0.394. The normalized spacial score (nSPS) is 11.1. The van der Waals surface area contributed by atoms with Crippen LogP contribution in [-0.4, -0.2) is 35.2 Å². The van der Waals surface area contributed by atoms with Crippen LogP contribution in [0.2, 0.25) is 0 Å². The fourth-order valence-corrected chi connectivity index (χ4v) is 3.08. The zero-order valence-corrected chi connectivity index (χ0v) is 16.4. The first-order chi connectivity index (χ1) is 14.6. The van der Waals surface area contributed by atoms with Crippen molar-refractivity contribution in [2.75, 3.05) is 14.2 Å². The lowest BCUT2D eigenvalue weighted by Gasteiger charge is -2.12. The number of phenolic OH excluding ortho intramolecular Hbond substituents is 1. The first-order valence-electron chi connectivity index (χ1n) is 9.17. The molecule has 0 bridgehead atoms. The van der Waals surface area contributed by atoms with Crippen molar-refractivity contribution in [2.24, 2.45) is 5.10 Å². The van der Waals surface area contributed by atoms with Crippen molar-refractivity contribution < 1.29 is 14.6 Å². The summed E-state index contributed by atoms with van der Waals surface area (Å²) in [5, 5.41) is 14.5. The van der Waals surface area contributed by atoms with Gasteiger partial charge in [0, 0.05) is 11.6 Å². The maximum atomic E-state index is 13.2. The Morgan fingerprint density at radius 3 is 2.40 bits per heavy atom. The molecule has 0 aliphatic heterocycles. The van der Waals surface area contributed by atoms with Crippen LogP contribution in [0, 0.1) is 0 Å². The molecule has 0 saturated heterocycles. The van der Waals surface area contributed by atoms with Gasteiger partial charge in [0.2, 0.25) is 0 Å². The number of phenols is 1. The summed E-state index contributed by atoms with van der Waals surface area (Å²) in [4.78, 5) is 17.9. The van der Waals surface area contributed by atoms with Gasteiger partial charge in [-0.1, -0.05) is 24.3 Å². The quantitative estimate of drug-likeness (QED) is 0.516. The molecule has 0 unspecified atom stereocenters. The van der Waals surface area contributed by atoms with Gasteiger partial charge in [0.05, 0.1) is 31.3 Å². The van der Waals surface area contributed by atoms with Crippen LogP contribution in [0.5, 0.6) is 17.2 Å². The van der Waals surface area contributed by atoms with Gasteiger partial charge in [-0.3, -0.25) is 4.79 Å². The molecule has 0 aliphatic rings. The third-order valence-corrected chi connectivity index (χ3v) is 4.56. The Labute approximate surface area is 172 Å². The first-order valence-corrected chi connectivity index (χ1v) is 9.17. The second-order valence-electron chi connectivity index (χ2n) is 6.51. The van der Waals surface area contributed by atoms with Crippen LogP contribution < -0.4 is 15.0 Å². The SMILES string of the molecule is COc1cc(OC)cc(-c2nc3ccccc3c(=O)n2N=Cc2cccc(O)c2)c1. The molecule has 4 aromatic rings. The second kappa shape index (κ2) is 8.08. The summed E-state index contributed by atoms with van der Waals surface area (Å²) in [7, 11) is 3.11. The first kappa shape index (κ1) is 19.2. The smallest absolute Gasteiger partial charge is 0.282 e. The van der Waals surface area contributed by atoms with Crippen molar-refractivity contribution in [2.45, 2.75) is 0 Å². The zero-order valence-electron chi connectivity index (χ0n) is 16.4. The molecule has 7 nitrogen and oxygen atoms in total. The minimum Gasteiger partial charge on any atom is -0.508 e. The summed E-state index contributed by atoms with van der Waals surface area (Å²) in [5.41, 5.74) is 1.50. The average molecular weight is 401 g/mol. The number of ether oxygens (including phenoxy) is 2. The summed E-state index contributed by atoms with van der Waals surface area (Å²) in [6, 6.07) is 19.0. The number of aromatic hydroxyl groups is 1. The van der Waals surface area contributed by atoms with Crippen molar-refractivity contribution in [3.63, 3.8) is 0 Å². The van der Waals surface area contributed by atoms with Gasteiger partial charge >= 0.3 is 0 Å². The molecule has 1 N–H and O–H groups in total. The standard InChI is InChI=1S/C23H19N3O4/c1-29-18-11-16(12-19(13-18)30-2)22-25-21-9-4-3-8-20(21)23(28)26(22)24-14-15-6-5-7-17(27)10-15/h3-14,27H,1-2H3. The molecule has 0 atom stereocenters. The third-order valence-electron chi connectivity index (χ3n) is 4.56. The Morgan fingerprint density at radius 2 is 1.70 bits per heavy atom. The number of rotatable bonds is 5. The highest BCUT2D eigenvalue weighted by atomic mass is 16.5. The summed E-state index contributed by atoms with van der Waals surface area (Å²) in [5.74, 6) is 1.58. The van der Waals surface area contributed by atoms with Crippen LogP contribution in [0.15, 0.2) is 76.6 Å². The van der Waals surface area contributed by atoms with Crippen LogP contribution in [0.4, 0.5) is 0 Å². The Kier molecular flexibility index (Phi) is 5.17. The van der Waals surface area contributed by atoms with E-state index in [9.17, 15) is 9.90 Å². The van der Waals surface area contributed by atoms with Gasteiger partial charge in [-0.15, -0.1) is 0 Å². The minimum absolute atomic E-state index is 0.112. The van der Waals surface area contributed by atoms with Crippen molar-refractivity contribution in [3.8, 4) is 28.6 Å². The molecule has 0 radical (unpaired) electrons. The molecule has 0 saturated carbocycles. The number of nitrogens with zero attached hydrogens (tertiary/aromatic N) is 3. The zero-order chi connectivity index (χ0) is 21.1. The Hall–Kier alpha value is -4.13. The molecule has 30 heavy (non-hydrogen) atoms. The van der Waals surface area contributed by atoms with Crippen LogP contribution >= 0.6 is 0 Å². The van der Waals surface area contributed by atoms with Crippen LogP contribution in [-0.2, 0) is 0 Å². The number of fused-ring (bicyclic) bond motifs is 1. The van der Waals surface area contributed by atoms with E-state index in [0.29, 0.717) is 39.4 Å². The molecule has 1 heterocycles. The van der Waals surface area contributed by atoms with E-state index in [4.69, 9.17) is 9.47 Å². The van der Waals surface area contributed by atoms with E-state index >= 15 is 0 Å². The van der Waals surface area contributed by atoms with Gasteiger partial charge in [0.25, 0.3) is 5.56 Å². The molecule has 4 rings (SSSR count). The van der Waals surface area contributed by atoms with Gasteiger partial charge in [0.1, 0.15) is 17.2 Å². The fourth-order valence-electron chi connectivity index (χ4n) is 3.08. The van der Waals surface area contributed by atoms with E-state index in [1.54, 1.807) is 74.9 Å². The van der Waals surface area contributed by atoms with Crippen molar-refractivity contribution >= 4 is 17.1 Å². The summed E-state index contributed by atoms with van der Waals surface area (Å²) >= 11 is 0. The second-order valence-corrected chi connectivity index (χ2v) is 6.51. The maximum Gasteiger partial charge on any atom is 0.282 e. The van der Waals surface area contributed by atoms with E-state index < -0.39 is 0 Å². The molecule has 0 aliphatic carbocycles. The van der Waals surface area contributed by atoms with E-state index in [0.717, 1.165) is 0 Å². The molecular formula is C23H19N3O4. The largest absolute Gasteiger partial charge is 0.508 e. The number of hydrogen-bond donors (Lipinski definition) is 1. The predicted octanol–water partition coefficient (Wildman–Crippen LogP) is 3.67. The monoisotopic (exact) mass is 401 g/mol. The molecule has 0 amide bonds. The Morgan fingerprint density at radius 1 is 0.967 bits per heavy atom. The van der Waals surface area contributed by atoms with Crippen molar-refractivity contribution in [1.82, 2.24) is 9.66 Å². The Balaban J connectivity index is 1.96. The lowest BCUT2D eigenvalue weighted by atomic mass is 10.1. The van der Waals surface area contributed by atoms with Crippen LogP contribution in [0.3, 0.4) is 0 Å². The molecule has 3 aromatic carbocycles. The average Bonchev–Trinajstić information content (AvgIpc) is 2.78.